The molecule has 1 N–H and O–H groups in total. The lowest BCUT2D eigenvalue weighted by atomic mass is 10.0. The number of para-hydroxylation sites is 1. The highest BCUT2D eigenvalue weighted by Crippen LogP contribution is 2.29. The molecule has 29 heavy (non-hydrogen) atoms. The van der Waals surface area contributed by atoms with E-state index in [1.54, 1.807) is 31.8 Å². The second-order valence-electron chi connectivity index (χ2n) is 6.51. The quantitative estimate of drug-likeness (QED) is 0.444. The lowest BCUT2D eigenvalue weighted by Crippen LogP contribution is -2.25. The Labute approximate surface area is 169 Å². The maximum Gasteiger partial charge on any atom is 0.333 e. The molecule has 0 radical (unpaired) electrons. The lowest BCUT2D eigenvalue weighted by molar-refractivity contribution is -0.143. The first-order valence-corrected chi connectivity index (χ1v) is 9.30. The standard InChI is InChI=1S/C22H24FN3O3/c1-28-20-6-4-3-5-19(20)21(22(27)29-2)26-15-25-14-18(26)11-12-24-13-16-7-9-17(23)10-8-16/h3-10,14-15,21,24H,11-13H2,1-2H3. The number of imidazole rings is 1. The van der Waals surface area contributed by atoms with E-state index in [4.69, 9.17) is 9.47 Å². The summed E-state index contributed by atoms with van der Waals surface area (Å²) in [5.41, 5.74) is 2.60. The minimum atomic E-state index is -0.689. The van der Waals surface area contributed by atoms with Gasteiger partial charge in [-0.1, -0.05) is 30.3 Å². The zero-order chi connectivity index (χ0) is 20.6. The molecule has 0 amide bonds. The summed E-state index contributed by atoms with van der Waals surface area (Å²) < 4.78 is 25.3. The van der Waals surface area contributed by atoms with Gasteiger partial charge in [0.1, 0.15) is 11.6 Å². The number of methoxy groups -OCH3 is 2. The summed E-state index contributed by atoms with van der Waals surface area (Å²) in [7, 11) is 2.94. The van der Waals surface area contributed by atoms with Gasteiger partial charge in [0.25, 0.3) is 0 Å². The van der Waals surface area contributed by atoms with E-state index >= 15 is 0 Å². The van der Waals surface area contributed by atoms with Crippen molar-refractivity contribution in [1.82, 2.24) is 14.9 Å². The van der Waals surface area contributed by atoms with Crippen molar-refractivity contribution in [2.45, 2.75) is 19.0 Å². The molecule has 0 bridgehead atoms. The van der Waals surface area contributed by atoms with Gasteiger partial charge in [0.05, 0.1) is 20.5 Å². The zero-order valence-electron chi connectivity index (χ0n) is 16.5. The van der Waals surface area contributed by atoms with Crippen molar-refractivity contribution >= 4 is 5.97 Å². The van der Waals surface area contributed by atoms with Gasteiger partial charge >= 0.3 is 5.97 Å². The first kappa shape index (κ1) is 20.5. The minimum Gasteiger partial charge on any atom is -0.496 e. The Morgan fingerprint density at radius 1 is 1.17 bits per heavy atom. The van der Waals surface area contributed by atoms with Crippen molar-refractivity contribution in [3.8, 4) is 5.75 Å². The van der Waals surface area contributed by atoms with Gasteiger partial charge in [-0.25, -0.2) is 14.2 Å². The molecule has 0 fully saturated rings. The average Bonchev–Trinajstić information content (AvgIpc) is 3.21. The third-order valence-corrected chi connectivity index (χ3v) is 4.68. The maximum atomic E-state index is 13.0. The van der Waals surface area contributed by atoms with Crippen LogP contribution in [0.5, 0.6) is 5.75 Å². The van der Waals surface area contributed by atoms with Crippen molar-refractivity contribution < 1.29 is 18.7 Å². The first-order valence-electron chi connectivity index (χ1n) is 9.30. The topological polar surface area (TPSA) is 65.4 Å². The molecule has 0 saturated heterocycles. The Kier molecular flexibility index (Phi) is 6.97. The highest BCUT2D eigenvalue weighted by Gasteiger charge is 2.28. The molecule has 0 aliphatic rings. The Bertz CT molecular complexity index is 940. The molecular formula is C22H24FN3O3. The van der Waals surface area contributed by atoms with E-state index in [-0.39, 0.29) is 5.82 Å². The van der Waals surface area contributed by atoms with Crippen LogP contribution in [0.3, 0.4) is 0 Å². The van der Waals surface area contributed by atoms with Gasteiger partial charge in [0, 0.05) is 37.0 Å². The average molecular weight is 397 g/mol. The number of aromatic nitrogens is 2. The predicted molar refractivity (Wildman–Crippen MR) is 107 cm³/mol. The van der Waals surface area contributed by atoms with E-state index < -0.39 is 12.0 Å². The number of rotatable bonds is 9. The van der Waals surface area contributed by atoms with Crippen molar-refractivity contribution in [2.75, 3.05) is 20.8 Å². The monoisotopic (exact) mass is 397 g/mol. The van der Waals surface area contributed by atoms with Gasteiger partial charge in [0.15, 0.2) is 6.04 Å². The Morgan fingerprint density at radius 3 is 2.66 bits per heavy atom. The van der Waals surface area contributed by atoms with Gasteiger partial charge in [0.2, 0.25) is 0 Å². The van der Waals surface area contributed by atoms with Crippen LogP contribution in [-0.4, -0.2) is 36.3 Å². The molecule has 0 aliphatic carbocycles. The molecule has 2 aromatic carbocycles. The molecule has 1 aromatic heterocycles. The summed E-state index contributed by atoms with van der Waals surface area (Å²) in [5, 5.41) is 3.33. The Balaban J connectivity index is 1.73. The molecule has 1 heterocycles. The summed E-state index contributed by atoms with van der Waals surface area (Å²) in [6.45, 7) is 1.30. The number of nitrogens with zero attached hydrogens (tertiary/aromatic N) is 2. The zero-order valence-corrected chi connectivity index (χ0v) is 16.5. The number of halogens is 1. The minimum absolute atomic E-state index is 0.247. The van der Waals surface area contributed by atoms with Crippen molar-refractivity contribution in [3.05, 3.63) is 83.7 Å². The number of carbonyl (C=O) groups is 1. The van der Waals surface area contributed by atoms with Crippen molar-refractivity contribution in [1.29, 1.82) is 0 Å². The van der Waals surface area contributed by atoms with E-state index in [0.29, 0.717) is 30.8 Å². The summed E-state index contributed by atoms with van der Waals surface area (Å²) in [6.07, 6.45) is 4.03. The summed E-state index contributed by atoms with van der Waals surface area (Å²) >= 11 is 0. The fraction of sp³-hybridized carbons (Fsp3) is 0.273. The first-order chi connectivity index (χ1) is 14.1. The van der Waals surface area contributed by atoms with Crippen molar-refractivity contribution in [3.63, 3.8) is 0 Å². The Hall–Kier alpha value is -3.19. The number of carbonyl (C=O) groups excluding carboxylic acids is 1. The van der Waals surface area contributed by atoms with E-state index in [0.717, 1.165) is 11.3 Å². The molecule has 0 spiro atoms. The third-order valence-electron chi connectivity index (χ3n) is 4.68. The van der Waals surface area contributed by atoms with Gasteiger partial charge in [-0.2, -0.15) is 0 Å². The van der Waals surface area contributed by atoms with E-state index in [1.807, 2.05) is 28.8 Å². The number of benzene rings is 2. The fourth-order valence-electron chi connectivity index (χ4n) is 3.20. The van der Waals surface area contributed by atoms with Gasteiger partial charge in [-0.15, -0.1) is 0 Å². The van der Waals surface area contributed by atoms with Gasteiger partial charge in [-0.3, -0.25) is 0 Å². The van der Waals surface area contributed by atoms with E-state index in [1.165, 1.54) is 19.2 Å². The molecule has 7 heteroatoms. The number of nitrogens with one attached hydrogen (secondary N) is 1. The molecule has 3 rings (SSSR count). The molecule has 3 aromatic rings. The fourth-order valence-corrected chi connectivity index (χ4v) is 3.20. The van der Waals surface area contributed by atoms with Crippen LogP contribution in [0.4, 0.5) is 4.39 Å². The van der Waals surface area contributed by atoms with Crippen molar-refractivity contribution in [2.24, 2.45) is 0 Å². The number of hydrogen-bond acceptors (Lipinski definition) is 5. The summed E-state index contributed by atoms with van der Waals surface area (Å²) in [4.78, 5) is 16.8. The summed E-state index contributed by atoms with van der Waals surface area (Å²) in [5.74, 6) is -0.0344. The van der Waals surface area contributed by atoms with E-state index in [2.05, 4.69) is 10.3 Å². The van der Waals surface area contributed by atoms with Gasteiger partial charge < -0.3 is 19.4 Å². The van der Waals surface area contributed by atoms with E-state index in [9.17, 15) is 9.18 Å². The smallest absolute Gasteiger partial charge is 0.333 e. The van der Waals surface area contributed by atoms with Crippen LogP contribution < -0.4 is 10.1 Å². The maximum absolute atomic E-state index is 13.0. The highest BCUT2D eigenvalue weighted by atomic mass is 19.1. The molecule has 0 saturated carbocycles. The molecule has 152 valence electrons. The second-order valence-corrected chi connectivity index (χ2v) is 6.51. The normalized spacial score (nSPS) is 11.8. The molecule has 0 aliphatic heterocycles. The van der Waals surface area contributed by atoms with Crippen LogP contribution in [-0.2, 0) is 22.5 Å². The van der Waals surface area contributed by atoms with Crippen LogP contribution in [0.25, 0.3) is 0 Å². The SMILES string of the molecule is COC(=O)C(c1ccccc1OC)n1cncc1CCNCc1ccc(F)cc1. The molecule has 6 nitrogen and oxygen atoms in total. The largest absolute Gasteiger partial charge is 0.496 e. The van der Waals surface area contributed by atoms with Crippen LogP contribution in [0, 0.1) is 5.82 Å². The predicted octanol–water partition coefficient (Wildman–Crippen LogP) is 3.13. The number of hydrogen-bond donors (Lipinski definition) is 1. The van der Waals surface area contributed by atoms with Crippen LogP contribution in [0.15, 0.2) is 61.1 Å². The molecule has 1 unspecified atom stereocenters. The van der Waals surface area contributed by atoms with Crippen LogP contribution in [0.1, 0.15) is 22.9 Å². The molecule has 1 atom stereocenters. The molecular weight excluding hydrogens is 373 g/mol. The summed E-state index contributed by atoms with van der Waals surface area (Å²) in [6, 6.07) is 13.1. The number of esters is 1. The highest BCUT2D eigenvalue weighted by molar-refractivity contribution is 5.79. The van der Waals surface area contributed by atoms with Gasteiger partial charge in [-0.05, 0) is 23.8 Å². The second kappa shape index (κ2) is 9.84. The van der Waals surface area contributed by atoms with Crippen LogP contribution in [0.2, 0.25) is 0 Å². The van der Waals surface area contributed by atoms with Crippen LogP contribution >= 0.6 is 0 Å². The number of ether oxygens (including phenoxy) is 2. The Morgan fingerprint density at radius 2 is 1.93 bits per heavy atom. The lowest BCUT2D eigenvalue weighted by Gasteiger charge is -2.21. The third kappa shape index (κ3) is 5.00.